The molecule has 3 N–H and O–H groups in total. The van der Waals surface area contributed by atoms with Crippen LogP contribution in [0.15, 0.2) is 18.2 Å². The predicted octanol–water partition coefficient (Wildman–Crippen LogP) is 1.20. The molecule has 1 saturated heterocycles. The summed E-state index contributed by atoms with van der Waals surface area (Å²) in [5.41, 5.74) is 6.66. The van der Waals surface area contributed by atoms with E-state index in [4.69, 9.17) is 10.5 Å². The Kier molecular flexibility index (Phi) is 4.92. The minimum atomic E-state index is -0.371. The van der Waals surface area contributed by atoms with E-state index in [0.29, 0.717) is 18.9 Å². The lowest BCUT2D eigenvalue weighted by Gasteiger charge is -2.29. The van der Waals surface area contributed by atoms with Gasteiger partial charge in [0.15, 0.2) is 0 Å². The van der Waals surface area contributed by atoms with E-state index in [2.05, 4.69) is 5.32 Å². The minimum absolute atomic E-state index is 0.203. The van der Waals surface area contributed by atoms with Gasteiger partial charge in [0.1, 0.15) is 5.82 Å². The molecule has 5 nitrogen and oxygen atoms in total. The van der Waals surface area contributed by atoms with Gasteiger partial charge < -0.3 is 20.7 Å². The van der Waals surface area contributed by atoms with Gasteiger partial charge in [-0.05, 0) is 18.2 Å². The summed E-state index contributed by atoms with van der Waals surface area (Å²) in [6.45, 7) is 4.69. The van der Waals surface area contributed by atoms with E-state index in [1.165, 1.54) is 12.1 Å². The molecule has 0 aliphatic carbocycles. The number of nitrogens with two attached hydrogens (primary N) is 1. The summed E-state index contributed by atoms with van der Waals surface area (Å²) in [7, 11) is 0. The topological polar surface area (TPSA) is 67.6 Å². The Morgan fingerprint density at radius 1 is 1.45 bits per heavy atom. The first-order valence-electron chi connectivity index (χ1n) is 6.74. The molecule has 0 spiro atoms. The van der Waals surface area contributed by atoms with Crippen molar-refractivity contribution in [1.82, 2.24) is 0 Å². The molecule has 1 heterocycles. The molecule has 0 bridgehead atoms. The highest BCUT2D eigenvalue weighted by molar-refractivity contribution is 5.93. The number of morpholine rings is 1. The highest BCUT2D eigenvalue weighted by atomic mass is 19.1. The Morgan fingerprint density at radius 3 is 2.80 bits per heavy atom. The van der Waals surface area contributed by atoms with Crippen molar-refractivity contribution in [1.29, 1.82) is 0 Å². The van der Waals surface area contributed by atoms with E-state index < -0.39 is 0 Å². The molecule has 1 fully saturated rings. The summed E-state index contributed by atoms with van der Waals surface area (Å²) in [5, 5.41) is 2.70. The second-order valence-electron chi connectivity index (χ2n) is 4.92. The Labute approximate surface area is 117 Å². The van der Waals surface area contributed by atoms with E-state index in [-0.39, 0.29) is 24.2 Å². The molecule has 1 atom stereocenters. The number of ether oxygens (including phenoxy) is 1. The molecule has 1 amide bonds. The van der Waals surface area contributed by atoms with Crippen molar-refractivity contribution in [2.75, 3.05) is 43.1 Å². The molecule has 1 aliphatic rings. The molecule has 0 aromatic heterocycles. The van der Waals surface area contributed by atoms with E-state index in [1.807, 2.05) is 4.90 Å². The van der Waals surface area contributed by atoms with Crippen LogP contribution in [0.25, 0.3) is 0 Å². The average Bonchev–Trinajstić information content (AvgIpc) is 2.46. The summed E-state index contributed by atoms with van der Waals surface area (Å²) in [4.78, 5) is 13.8. The van der Waals surface area contributed by atoms with Crippen molar-refractivity contribution in [3.63, 3.8) is 0 Å². The van der Waals surface area contributed by atoms with Crippen LogP contribution in [0.1, 0.15) is 6.92 Å². The highest BCUT2D eigenvalue weighted by Crippen LogP contribution is 2.23. The summed E-state index contributed by atoms with van der Waals surface area (Å²) in [6.07, 6.45) is 0. The molecule has 1 aromatic carbocycles. The maximum absolute atomic E-state index is 13.7. The smallest absolute Gasteiger partial charge is 0.228 e. The maximum Gasteiger partial charge on any atom is 0.228 e. The Bertz CT molecular complexity index is 475. The van der Waals surface area contributed by atoms with Crippen molar-refractivity contribution in [3.05, 3.63) is 24.0 Å². The lowest BCUT2D eigenvalue weighted by atomic mass is 10.1. The maximum atomic E-state index is 13.7. The summed E-state index contributed by atoms with van der Waals surface area (Å²) < 4.78 is 19.0. The number of hydrogen-bond acceptors (Lipinski definition) is 4. The van der Waals surface area contributed by atoms with Gasteiger partial charge in [0, 0.05) is 36.9 Å². The number of benzene rings is 1. The largest absolute Gasteiger partial charge is 0.378 e. The van der Waals surface area contributed by atoms with Gasteiger partial charge in [0.05, 0.1) is 13.2 Å². The number of hydrogen-bond donors (Lipinski definition) is 2. The predicted molar refractivity (Wildman–Crippen MR) is 76.3 cm³/mol. The first-order chi connectivity index (χ1) is 9.60. The van der Waals surface area contributed by atoms with Crippen LogP contribution in [0, 0.1) is 11.7 Å². The molecule has 20 heavy (non-hydrogen) atoms. The number of rotatable bonds is 4. The van der Waals surface area contributed by atoms with Crippen molar-refractivity contribution < 1.29 is 13.9 Å². The summed E-state index contributed by atoms with van der Waals surface area (Å²) >= 11 is 0. The van der Waals surface area contributed by atoms with Gasteiger partial charge in [0.25, 0.3) is 0 Å². The number of nitrogens with one attached hydrogen (secondary N) is 1. The number of amides is 1. The zero-order chi connectivity index (χ0) is 14.5. The molecule has 0 radical (unpaired) electrons. The fraction of sp³-hybridized carbons (Fsp3) is 0.500. The lowest BCUT2D eigenvalue weighted by Crippen LogP contribution is -2.36. The molecule has 0 saturated carbocycles. The molecule has 6 heteroatoms. The zero-order valence-electron chi connectivity index (χ0n) is 11.6. The van der Waals surface area contributed by atoms with Gasteiger partial charge in [0.2, 0.25) is 5.91 Å². The molecular formula is C14H20FN3O2. The first kappa shape index (κ1) is 14.7. The molecule has 1 unspecified atom stereocenters. The van der Waals surface area contributed by atoms with Crippen LogP contribution in [0.4, 0.5) is 15.8 Å². The van der Waals surface area contributed by atoms with Crippen LogP contribution in [-0.4, -0.2) is 38.8 Å². The number of nitrogens with zero attached hydrogens (tertiary/aromatic N) is 1. The lowest BCUT2D eigenvalue weighted by molar-refractivity contribution is -0.119. The monoisotopic (exact) mass is 281 g/mol. The van der Waals surface area contributed by atoms with Crippen LogP contribution < -0.4 is 16.0 Å². The van der Waals surface area contributed by atoms with Crippen LogP contribution >= 0.6 is 0 Å². The van der Waals surface area contributed by atoms with Crippen molar-refractivity contribution in [3.8, 4) is 0 Å². The normalized spacial score (nSPS) is 16.9. The minimum Gasteiger partial charge on any atom is -0.378 e. The second-order valence-corrected chi connectivity index (χ2v) is 4.92. The molecule has 1 aromatic rings. The van der Waals surface area contributed by atoms with Gasteiger partial charge >= 0.3 is 0 Å². The van der Waals surface area contributed by atoms with E-state index in [0.717, 1.165) is 18.8 Å². The van der Waals surface area contributed by atoms with E-state index in [9.17, 15) is 9.18 Å². The van der Waals surface area contributed by atoms with E-state index in [1.54, 1.807) is 13.0 Å². The van der Waals surface area contributed by atoms with Crippen molar-refractivity contribution in [2.24, 2.45) is 11.7 Å². The summed E-state index contributed by atoms with van der Waals surface area (Å²) in [6, 6.07) is 4.55. The van der Waals surface area contributed by atoms with Crippen molar-refractivity contribution in [2.45, 2.75) is 6.92 Å². The van der Waals surface area contributed by atoms with Gasteiger partial charge in [-0.1, -0.05) is 6.92 Å². The Hall–Kier alpha value is -1.66. The Balaban J connectivity index is 2.13. The Morgan fingerprint density at radius 2 is 2.15 bits per heavy atom. The van der Waals surface area contributed by atoms with Gasteiger partial charge in [-0.3, -0.25) is 4.79 Å². The van der Waals surface area contributed by atoms with Gasteiger partial charge in [-0.25, -0.2) is 4.39 Å². The van der Waals surface area contributed by atoms with Crippen LogP contribution in [-0.2, 0) is 9.53 Å². The van der Waals surface area contributed by atoms with Crippen LogP contribution in [0.2, 0.25) is 0 Å². The van der Waals surface area contributed by atoms with Crippen molar-refractivity contribution >= 4 is 17.3 Å². The highest BCUT2D eigenvalue weighted by Gasteiger charge is 2.15. The molecular weight excluding hydrogens is 261 g/mol. The fourth-order valence-electron chi connectivity index (χ4n) is 2.02. The molecule has 1 aliphatic heterocycles. The van der Waals surface area contributed by atoms with Crippen LogP contribution in [0.3, 0.4) is 0 Å². The third kappa shape index (κ3) is 3.68. The average molecular weight is 281 g/mol. The third-order valence-electron chi connectivity index (χ3n) is 3.33. The first-order valence-corrected chi connectivity index (χ1v) is 6.74. The van der Waals surface area contributed by atoms with E-state index >= 15 is 0 Å². The summed E-state index contributed by atoms with van der Waals surface area (Å²) in [5.74, 6) is -0.874. The molecule has 2 rings (SSSR count). The quantitative estimate of drug-likeness (QED) is 0.870. The second kappa shape index (κ2) is 6.67. The van der Waals surface area contributed by atoms with Gasteiger partial charge in [-0.2, -0.15) is 0 Å². The van der Waals surface area contributed by atoms with Gasteiger partial charge in [-0.15, -0.1) is 0 Å². The number of carbonyl (C=O) groups is 1. The van der Waals surface area contributed by atoms with Crippen LogP contribution in [0.5, 0.6) is 0 Å². The number of carbonyl (C=O) groups excluding carboxylic acids is 1. The number of halogens is 1. The molecule has 110 valence electrons. The SMILES string of the molecule is CC(CN)C(=O)Nc1cc(F)cc(N2CCOCC2)c1. The fourth-order valence-corrected chi connectivity index (χ4v) is 2.02. The standard InChI is InChI=1S/C14H20FN3O2/c1-10(9-16)14(19)17-12-6-11(15)7-13(8-12)18-2-4-20-5-3-18/h6-8,10H,2-5,9,16H2,1H3,(H,17,19). The zero-order valence-corrected chi connectivity index (χ0v) is 11.6. The number of anilines is 2. The third-order valence-corrected chi connectivity index (χ3v) is 3.33.